The van der Waals surface area contributed by atoms with E-state index in [1.807, 2.05) is 0 Å². The van der Waals surface area contributed by atoms with Gasteiger partial charge in [-0.15, -0.1) is 0 Å². The Morgan fingerprint density at radius 3 is 2.94 bits per heavy atom. The van der Waals surface area contributed by atoms with Crippen LogP contribution in [0.4, 0.5) is 0 Å². The van der Waals surface area contributed by atoms with Gasteiger partial charge >= 0.3 is 0 Å². The maximum absolute atomic E-state index is 5.34. The summed E-state index contributed by atoms with van der Waals surface area (Å²) in [6.45, 7) is 4.16. The summed E-state index contributed by atoms with van der Waals surface area (Å²) in [5.74, 6) is 1.51. The predicted molar refractivity (Wildman–Crippen MR) is 73.1 cm³/mol. The van der Waals surface area contributed by atoms with E-state index in [4.69, 9.17) is 9.47 Å². The molecule has 2 unspecified atom stereocenters. The fourth-order valence-electron chi connectivity index (χ4n) is 2.67. The van der Waals surface area contributed by atoms with Gasteiger partial charge in [0.1, 0.15) is 5.75 Å². The third-order valence-electron chi connectivity index (χ3n) is 3.79. The molecule has 2 rings (SSSR count). The van der Waals surface area contributed by atoms with Crippen molar-refractivity contribution in [2.24, 2.45) is 5.92 Å². The normalized spacial score (nSPS) is 20.3. The van der Waals surface area contributed by atoms with Crippen molar-refractivity contribution in [1.29, 1.82) is 0 Å². The summed E-state index contributed by atoms with van der Waals surface area (Å²) in [5.41, 5.74) is 2.84. The summed E-state index contributed by atoms with van der Waals surface area (Å²) in [6, 6.07) is 6.85. The van der Waals surface area contributed by atoms with Crippen molar-refractivity contribution >= 4 is 0 Å². The monoisotopic (exact) mass is 249 g/mol. The van der Waals surface area contributed by atoms with Gasteiger partial charge in [0.15, 0.2) is 0 Å². The molecular weight excluding hydrogens is 226 g/mol. The van der Waals surface area contributed by atoms with E-state index in [0.717, 1.165) is 31.7 Å². The molecule has 0 bridgehead atoms. The Balaban J connectivity index is 2.20. The number of ether oxygens (including phenoxy) is 2. The second kappa shape index (κ2) is 6.21. The Morgan fingerprint density at radius 2 is 2.22 bits per heavy atom. The lowest BCUT2D eigenvalue weighted by molar-refractivity contribution is 0.169. The number of fused-ring (bicyclic) bond motifs is 1. The zero-order valence-corrected chi connectivity index (χ0v) is 11.5. The molecule has 0 aromatic heterocycles. The highest BCUT2D eigenvalue weighted by Gasteiger charge is 2.24. The first-order valence-electron chi connectivity index (χ1n) is 6.65. The summed E-state index contributed by atoms with van der Waals surface area (Å²) in [6.07, 6.45) is 2.18. The summed E-state index contributed by atoms with van der Waals surface area (Å²) in [4.78, 5) is 0. The molecule has 1 N–H and O–H groups in total. The van der Waals surface area contributed by atoms with Gasteiger partial charge in [0.25, 0.3) is 0 Å². The molecule has 3 heteroatoms. The zero-order chi connectivity index (χ0) is 13.0. The van der Waals surface area contributed by atoms with Crippen LogP contribution in [0.5, 0.6) is 5.75 Å². The van der Waals surface area contributed by atoms with E-state index < -0.39 is 0 Å². The number of nitrogens with one attached hydrogen (secondary N) is 1. The van der Waals surface area contributed by atoms with Crippen LogP contribution in [0.15, 0.2) is 18.2 Å². The highest BCUT2D eigenvalue weighted by Crippen LogP contribution is 2.32. The molecule has 0 saturated carbocycles. The fraction of sp³-hybridized carbons (Fsp3) is 0.600. The Kier molecular flexibility index (Phi) is 4.61. The largest absolute Gasteiger partial charge is 0.497 e. The van der Waals surface area contributed by atoms with Crippen molar-refractivity contribution < 1.29 is 9.47 Å². The molecule has 1 aliphatic rings. The highest BCUT2D eigenvalue weighted by atomic mass is 16.5. The molecule has 2 atom stereocenters. The van der Waals surface area contributed by atoms with Gasteiger partial charge in [-0.3, -0.25) is 0 Å². The summed E-state index contributed by atoms with van der Waals surface area (Å²) < 4.78 is 10.5. The van der Waals surface area contributed by atoms with Crippen LogP contribution in [0, 0.1) is 5.92 Å². The molecule has 1 aromatic rings. The van der Waals surface area contributed by atoms with E-state index in [1.165, 1.54) is 11.1 Å². The van der Waals surface area contributed by atoms with Crippen LogP contribution in [0.2, 0.25) is 0 Å². The molecule has 0 aliphatic carbocycles. The lowest BCUT2D eigenvalue weighted by Gasteiger charge is -2.32. The maximum Gasteiger partial charge on any atom is 0.119 e. The van der Waals surface area contributed by atoms with E-state index in [2.05, 4.69) is 30.4 Å². The van der Waals surface area contributed by atoms with Crippen LogP contribution < -0.4 is 10.1 Å². The van der Waals surface area contributed by atoms with Crippen LogP contribution in [0.25, 0.3) is 0 Å². The second-order valence-electron chi connectivity index (χ2n) is 5.01. The third-order valence-corrected chi connectivity index (χ3v) is 3.79. The van der Waals surface area contributed by atoms with Crippen molar-refractivity contribution in [3.8, 4) is 5.75 Å². The van der Waals surface area contributed by atoms with Gasteiger partial charge in [-0.05, 0) is 48.6 Å². The van der Waals surface area contributed by atoms with Gasteiger partial charge < -0.3 is 14.8 Å². The van der Waals surface area contributed by atoms with Gasteiger partial charge in [0, 0.05) is 19.8 Å². The van der Waals surface area contributed by atoms with Gasteiger partial charge in [0.05, 0.1) is 7.11 Å². The standard InChI is InChI=1S/C15H23NO2/c1-11(7-9-17-2)15-14-10-13(18-3)5-4-12(14)6-8-16-15/h4-5,10-11,15-16H,6-9H2,1-3H3. The minimum absolute atomic E-state index is 0.416. The van der Waals surface area contributed by atoms with E-state index in [9.17, 15) is 0 Å². The van der Waals surface area contributed by atoms with Crippen molar-refractivity contribution in [3.63, 3.8) is 0 Å². The molecule has 0 fully saturated rings. The van der Waals surface area contributed by atoms with E-state index in [-0.39, 0.29) is 0 Å². The fourth-order valence-corrected chi connectivity index (χ4v) is 2.67. The van der Waals surface area contributed by atoms with Gasteiger partial charge in [-0.1, -0.05) is 13.0 Å². The minimum atomic E-state index is 0.416. The molecule has 0 spiro atoms. The molecule has 100 valence electrons. The van der Waals surface area contributed by atoms with Crippen LogP contribution in [0.3, 0.4) is 0 Å². The Hall–Kier alpha value is -1.06. The minimum Gasteiger partial charge on any atom is -0.497 e. The molecule has 0 radical (unpaired) electrons. The average molecular weight is 249 g/mol. The molecule has 0 amide bonds. The van der Waals surface area contributed by atoms with E-state index in [1.54, 1.807) is 14.2 Å². The first-order chi connectivity index (χ1) is 8.76. The van der Waals surface area contributed by atoms with Crippen LogP contribution in [-0.4, -0.2) is 27.4 Å². The lowest BCUT2D eigenvalue weighted by Crippen LogP contribution is -2.34. The van der Waals surface area contributed by atoms with Gasteiger partial charge in [0.2, 0.25) is 0 Å². The van der Waals surface area contributed by atoms with Crippen molar-refractivity contribution in [1.82, 2.24) is 5.32 Å². The number of hydrogen-bond donors (Lipinski definition) is 1. The van der Waals surface area contributed by atoms with Gasteiger partial charge in [-0.25, -0.2) is 0 Å². The SMILES string of the molecule is COCCC(C)C1NCCc2ccc(OC)cc21. The first-order valence-corrected chi connectivity index (χ1v) is 6.65. The number of methoxy groups -OCH3 is 2. The molecule has 3 nitrogen and oxygen atoms in total. The summed E-state index contributed by atoms with van der Waals surface area (Å²) in [7, 11) is 3.49. The first kappa shape index (κ1) is 13.4. The third kappa shape index (κ3) is 2.85. The number of rotatable bonds is 5. The Bertz CT molecular complexity index is 392. The maximum atomic E-state index is 5.34. The summed E-state index contributed by atoms with van der Waals surface area (Å²) >= 11 is 0. The van der Waals surface area contributed by atoms with Crippen LogP contribution >= 0.6 is 0 Å². The highest BCUT2D eigenvalue weighted by molar-refractivity contribution is 5.39. The van der Waals surface area contributed by atoms with Crippen LogP contribution in [-0.2, 0) is 11.2 Å². The number of hydrogen-bond acceptors (Lipinski definition) is 3. The van der Waals surface area contributed by atoms with E-state index >= 15 is 0 Å². The van der Waals surface area contributed by atoms with Crippen molar-refractivity contribution in [2.45, 2.75) is 25.8 Å². The molecule has 1 aromatic carbocycles. The smallest absolute Gasteiger partial charge is 0.119 e. The van der Waals surface area contributed by atoms with Gasteiger partial charge in [-0.2, -0.15) is 0 Å². The van der Waals surface area contributed by atoms with Crippen LogP contribution in [0.1, 0.15) is 30.5 Å². The topological polar surface area (TPSA) is 30.5 Å². The second-order valence-corrected chi connectivity index (χ2v) is 5.01. The molecule has 18 heavy (non-hydrogen) atoms. The average Bonchev–Trinajstić information content (AvgIpc) is 2.43. The molecule has 1 aliphatic heterocycles. The molecule has 1 heterocycles. The molecule has 0 saturated heterocycles. The lowest BCUT2D eigenvalue weighted by atomic mass is 9.85. The Morgan fingerprint density at radius 1 is 1.39 bits per heavy atom. The quantitative estimate of drug-likeness (QED) is 0.870. The zero-order valence-electron chi connectivity index (χ0n) is 11.5. The number of benzene rings is 1. The Labute approximate surface area is 109 Å². The van der Waals surface area contributed by atoms with Crippen molar-refractivity contribution in [2.75, 3.05) is 27.4 Å². The van der Waals surface area contributed by atoms with Crippen molar-refractivity contribution in [3.05, 3.63) is 29.3 Å². The summed E-state index contributed by atoms with van der Waals surface area (Å²) in [5, 5.41) is 3.62. The van der Waals surface area contributed by atoms with E-state index in [0.29, 0.717) is 12.0 Å². The molecular formula is C15H23NO2. The predicted octanol–water partition coefficient (Wildman–Crippen LogP) is 2.55.